The smallest absolute Gasteiger partial charge is 0.199 e. The van der Waals surface area contributed by atoms with Crippen molar-refractivity contribution in [2.45, 2.75) is 0 Å². The third-order valence-electron chi connectivity index (χ3n) is 1.42. The lowest BCUT2D eigenvalue weighted by Crippen LogP contribution is -1.54. The van der Waals surface area contributed by atoms with Crippen LogP contribution in [-0.4, -0.2) is 6.29 Å². The van der Waals surface area contributed by atoms with Crippen LogP contribution in [0.1, 0.15) is 9.82 Å². The van der Waals surface area contributed by atoms with Crippen LogP contribution in [0, 0.1) is 0 Å². The Kier molecular flexibility index (Phi) is 2.05. The molecule has 0 radical (unpaired) electrons. The van der Waals surface area contributed by atoms with E-state index in [9.17, 15) is 4.79 Å². The van der Waals surface area contributed by atoms with Crippen molar-refractivity contribution in [2.75, 3.05) is 0 Å². The van der Waals surface area contributed by atoms with Gasteiger partial charge in [-0.3, -0.25) is 4.79 Å². The summed E-state index contributed by atoms with van der Waals surface area (Å²) >= 11 is 0. The molecule has 0 aromatic carbocycles. The Labute approximate surface area is 68.6 Å². The fraction of sp³-hybridized carbons (Fsp3) is 0. The van der Waals surface area contributed by atoms with Crippen LogP contribution in [0.3, 0.4) is 0 Å². The highest BCUT2D eigenvalue weighted by molar-refractivity contribution is 8.06. The fourth-order valence-corrected chi connectivity index (χ4v) is 8.63. The van der Waals surface area contributed by atoms with Crippen LogP contribution in [0.15, 0.2) is 24.0 Å². The number of hydrogen-bond donors (Lipinski definition) is 0. The maximum absolute atomic E-state index is 10.5. The van der Waals surface area contributed by atoms with Crippen molar-refractivity contribution in [2.24, 2.45) is 0 Å². The highest BCUT2D eigenvalue weighted by Gasteiger charge is 2.09. The quantitative estimate of drug-likeness (QED) is 0.637. The summed E-state index contributed by atoms with van der Waals surface area (Å²) in [6, 6.07) is 6.29. The van der Waals surface area contributed by atoms with Crippen molar-refractivity contribution >= 4 is 34.2 Å². The first-order valence-electron chi connectivity index (χ1n) is 3.22. The van der Waals surface area contributed by atoms with Gasteiger partial charge in [0.25, 0.3) is 0 Å². The van der Waals surface area contributed by atoms with Crippen LogP contribution >= 0.6 is 23.1 Å². The predicted molar refractivity (Wildman–Crippen MR) is 53.9 cm³/mol. The second-order valence-corrected chi connectivity index (χ2v) is 8.51. The van der Waals surface area contributed by atoms with Gasteiger partial charge in [-0.25, -0.2) is 0 Å². The third kappa shape index (κ3) is 1.37. The standard InChI is InChI=1S/C7H6OP3/c8-5-6-9-7-3-1-2-4-11(7)10-6/h1-5,10H/q+1. The molecule has 0 aliphatic rings. The van der Waals surface area contributed by atoms with Crippen LogP contribution < -0.4 is 0 Å². The highest BCUT2D eigenvalue weighted by atomic mass is 31.8. The molecule has 0 fully saturated rings. The predicted octanol–water partition coefficient (Wildman–Crippen LogP) is 3.83. The highest BCUT2D eigenvalue weighted by Crippen LogP contribution is 2.49. The van der Waals surface area contributed by atoms with E-state index in [4.69, 9.17) is 0 Å². The lowest BCUT2D eigenvalue weighted by atomic mass is 10.6. The minimum atomic E-state index is -0.0683. The van der Waals surface area contributed by atoms with E-state index in [0.29, 0.717) is 0 Å². The Bertz CT molecular complexity index is 360. The fourth-order valence-electron chi connectivity index (χ4n) is 0.944. The number of fused-ring (bicyclic) bond motifs is 1. The van der Waals surface area contributed by atoms with Gasteiger partial charge in [0.15, 0.2) is 24.4 Å². The normalized spacial score (nSPS) is 13.3. The van der Waals surface area contributed by atoms with Crippen LogP contribution in [-0.2, 0) is 0 Å². The molecule has 2 aromatic heterocycles. The largest absolute Gasteiger partial charge is 0.295 e. The molecule has 11 heavy (non-hydrogen) atoms. The number of rotatable bonds is 1. The molecule has 1 nitrogen and oxygen atoms in total. The average Bonchev–Trinajstić information content (AvgIpc) is 2.46. The molecule has 0 spiro atoms. The number of carbonyl (C=O) groups excluding carboxylic acids is 1. The number of aldehydes is 1. The molecule has 2 heterocycles. The molecule has 0 amide bonds. The van der Waals surface area contributed by atoms with Gasteiger partial charge in [0.2, 0.25) is 0 Å². The van der Waals surface area contributed by atoms with Gasteiger partial charge in [-0.2, -0.15) is 0 Å². The third-order valence-corrected chi connectivity index (χ3v) is 9.17. The van der Waals surface area contributed by atoms with Crippen molar-refractivity contribution in [3.8, 4) is 0 Å². The number of hydrogen-bond acceptors (Lipinski definition) is 1. The first-order valence-corrected chi connectivity index (χ1v) is 7.36. The Morgan fingerprint density at radius 2 is 2.45 bits per heavy atom. The van der Waals surface area contributed by atoms with E-state index in [1.165, 1.54) is 13.0 Å². The summed E-state index contributed by atoms with van der Waals surface area (Å²) in [4.78, 5) is 11.9. The maximum Gasteiger partial charge on any atom is 0.199 e. The molecule has 0 aliphatic heterocycles. The first-order chi connectivity index (χ1) is 5.40. The zero-order chi connectivity index (χ0) is 7.68. The Balaban J connectivity index is 2.78. The Hall–Kier alpha value is -0.210. The van der Waals surface area contributed by atoms with Crippen molar-refractivity contribution < 1.29 is 4.79 Å². The van der Waals surface area contributed by atoms with Crippen molar-refractivity contribution in [1.29, 1.82) is 0 Å². The molecule has 0 bridgehead atoms. The second kappa shape index (κ2) is 3.03. The van der Waals surface area contributed by atoms with Crippen LogP contribution in [0.4, 0.5) is 0 Å². The molecule has 0 N–H and O–H groups in total. The lowest BCUT2D eigenvalue weighted by molar-refractivity contribution is 0.112. The monoisotopic (exact) mass is 199 g/mol. The van der Waals surface area contributed by atoms with E-state index in [1.807, 2.05) is 0 Å². The van der Waals surface area contributed by atoms with Gasteiger partial charge in [0.05, 0.1) is 7.02 Å². The van der Waals surface area contributed by atoms with Gasteiger partial charge in [-0.05, 0) is 12.1 Å². The molecule has 0 saturated carbocycles. The topological polar surface area (TPSA) is 17.1 Å². The van der Waals surface area contributed by atoms with Crippen LogP contribution in [0.5, 0.6) is 0 Å². The summed E-state index contributed by atoms with van der Waals surface area (Å²) in [5.41, 5.74) is 0. The first kappa shape index (κ1) is 7.44. The van der Waals surface area contributed by atoms with Crippen LogP contribution in [0.2, 0.25) is 0 Å². The summed E-state index contributed by atoms with van der Waals surface area (Å²) in [6.45, 7) is 0. The summed E-state index contributed by atoms with van der Waals surface area (Å²) in [6.07, 6.45) is 1.02. The molecular formula is C7H6OP3+. The number of carbonyl (C=O) groups is 1. The second-order valence-electron chi connectivity index (χ2n) is 2.16. The average molecular weight is 199 g/mol. The summed E-state index contributed by atoms with van der Waals surface area (Å²) < 4.78 is 0. The molecule has 4 heteroatoms. The molecule has 0 aliphatic carbocycles. The summed E-state index contributed by atoms with van der Waals surface area (Å²) in [5.74, 6) is 2.24. The minimum Gasteiger partial charge on any atom is -0.295 e. The maximum atomic E-state index is 10.5. The lowest BCUT2D eigenvalue weighted by Gasteiger charge is -1.73. The zero-order valence-electron chi connectivity index (χ0n) is 5.69. The van der Waals surface area contributed by atoms with Gasteiger partial charge >= 0.3 is 0 Å². The molecule has 2 rings (SSSR count). The molecule has 2 unspecified atom stereocenters. The SMILES string of the molecule is O=Cc1pc2cccc[p+]2[pH]1. The van der Waals surface area contributed by atoms with Gasteiger partial charge in [0, 0.05) is 13.7 Å². The molecular weight excluding hydrogens is 193 g/mol. The van der Waals surface area contributed by atoms with Gasteiger partial charge in [-0.15, -0.1) is 0 Å². The molecule has 54 valence electrons. The van der Waals surface area contributed by atoms with E-state index < -0.39 is 0 Å². The van der Waals surface area contributed by atoms with E-state index in [0.717, 1.165) is 19.2 Å². The van der Waals surface area contributed by atoms with Crippen molar-refractivity contribution in [1.82, 2.24) is 0 Å². The van der Waals surface area contributed by atoms with E-state index >= 15 is 0 Å². The van der Waals surface area contributed by atoms with Gasteiger partial charge < -0.3 is 0 Å². The molecule has 0 saturated heterocycles. The molecule has 2 aromatic rings. The van der Waals surface area contributed by atoms with Crippen LogP contribution in [0.25, 0.3) is 4.85 Å². The van der Waals surface area contributed by atoms with E-state index in [-0.39, 0.29) is 7.02 Å². The Morgan fingerprint density at radius 1 is 1.55 bits per heavy atom. The van der Waals surface area contributed by atoms with Gasteiger partial charge in [-0.1, -0.05) is 6.07 Å². The van der Waals surface area contributed by atoms with Crippen molar-refractivity contribution in [3.63, 3.8) is 0 Å². The zero-order valence-corrected chi connectivity index (χ0v) is 8.48. The molecule has 2 atom stereocenters. The summed E-state index contributed by atoms with van der Waals surface area (Å²) in [5, 5.41) is 1.07. The van der Waals surface area contributed by atoms with E-state index in [2.05, 4.69) is 24.0 Å². The van der Waals surface area contributed by atoms with Crippen molar-refractivity contribution in [3.05, 3.63) is 29.0 Å². The Morgan fingerprint density at radius 3 is 3.18 bits per heavy atom. The van der Waals surface area contributed by atoms with E-state index in [1.54, 1.807) is 0 Å². The van der Waals surface area contributed by atoms with Gasteiger partial charge in [0.1, 0.15) is 0 Å². The summed E-state index contributed by atoms with van der Waals surface area (Å²) in [7, 11) is 1.87. The minimum absolute atomic E-state index is 0.0683.